The monoisotopic (exact) mass is 334 g/mol. The van der Waals surface area contributed by atoms with Gasteiger partial charge in [0.25, 0.3) is 0 Å². The zero-order valence-corrected chi connectivity index (χ0v) is 13.7. The Hall–Kier alpha value is -2.28. The fourth-order valence-corrected chi connectivity index (χ4v) is 2.91. The van der Waals surface area contributed by atoms with Crippen LogP contribution in [0.1, 0.15) is 12.8 Å². The van der Waals surface area contributed by atoms with Gasteiger partial charge in [-0.2, -0.15) is 0 Å². The average molecular weight is 334 g/mol. The number of methoxy groups -OCH3 is 1. The first-order chi connectivity index (χ1) is 11.7. The topological polar surface area (TPSA) is 77.1 Å². The quantitative estimate of drug-likeness (QED) is 0.784. The highest BCUT2D eigenvalue weighted by atomic mass is 16.6. The van der Waals surface area contributed by atoms with Gasteiger partial charge in [0, 0.05) is 45.0 Å². The molecule has 0 bridgehead atoms. The van der Waals surface area contributed by atoms with E-state index in [0.29, 0.717) is 44.4 Å². The molecule has 3 rings (SSSR count). The van der Waals surface area contributed by atoms with Crippen molar-refractivity contribution in [2.75, 3.05) is 44.9 Å². The van der Waals surface area contributed by atoms with E-state index >= 15 is 0 Å². The number of rotatable bonds is 6. The predicted molar refractivity (Wildman–Crippen MR) is 87.4 cm³/mol. The second kappa shape index (κ2) is 7.53. The van der Waals surface area contributed by atoms with Crippen molar-refractivity contribution >= 4 is 17.5 Å². The van der Waals surface area contributed by atoms with E-state index < -0.39 is 0 Å². The van der Waals surface area contributed by atoms with Crippen molar-refractivity contribution < 1.29 is 23.8 Å². The maximum atomic E-state index is 12.3. The summed E-state index contributed by atoms with van der Waals surface area (Å²) in [6.07, 6.45) is 0.985. The molecule has 2 aliphatic rings. The molecule has 0 aromatic heterocycles. The highest BCUT2D eigenvalue weighted by Crippen LogP contribution is 2.35. The molecule has 0 radical (unpaired) electrons. The minimum atomic E-state index is -0.326. The number of carbonyl (C=O) groups excluding carboxylic acids is 2. The number of anilines is 1. The number of benzene rings is 1. The lowest BCUT2D eigenvalue weighted by Crippen LogP contribution is -2.33. The molecule has 1 atom stereocenters. The Morgan fingerprint density at radius 2 is 2.12 bits per heavy atom. The first-order valence-electron chi connectivity index (χ1n) is 8.15. The van der Waals surface area contributed by atoms with Gasteiger partial charge in [0.1, 0.15) is 13.2 Å². The largest absolute Gasteiger partial charge is 0.486 e. The molecule has 2 amide bonds. The van der Waals surface area contributed by atoms with E-state index in [1.54, 1.807) is 24.1 Å². The van der Waals surface area contributed by atoms with Crippen LogP contribution in [-0.4, -0.2) is 51.8 Å². The van der Waals surface area contributed by atoms with E-state index in [1.807, 2.05) is 6.07 Å². The van der Waals surface area contributed by atoms with Gasteiger partial charge in [-0.15, -0.1) is 0 Å². The van der Waals surface area contributed by atoms with E-state index in [1.165, 1.54) is 0 Å². The van der Waals surface area contributed by atoms with Crippen LogP contribution < -0.4 is 19.7 Å². The van der Waals surface area contributed by atoms with E-state index in [0.717, 1.165) is 12.1 Å². The lowest BCUT2D eigenvalue weighted by Gasteiger charge is -2.22. The SMILES string of the molecule is COCCCNC(=O)[C@@H]1CC(=O)N(c2ccc3c(c2)OCCO3)C1. The molecule has 1 fully saturated rings. The highest BCUT2D eigenvalue weighted by molar-refractivity contribution is 6.00. The Balaban J connectivity index is 1.61. The molecule has 2 aliphatic heterocycles. The zero-order valence-electron chi connectivity index (χ0n) is 13.7. The number of nitrogens with one attached hydrogen (secondary N) is 1. The van der Waals surface area contributed by atoms with E-state index in [2.05, 4.69) is 5.32 Å². The average Bonchev–Trinajstić information content (AvgIpc) is 3.00. The predicted octanol–water partition coefficient (Wildman–Crippen LogP) is 0.963. The zero-order chi connectivity index (χ0) is 16.9. The summed E-state index contributed by atoms with van der Waals surface area (Å²) in [4.78, 5) is 26.1. The second-order valence-electron chi connectivity index (χ2n) is 5.87. The summed E-state index contributed by atoms with van der Waals surface area (Å²) in [5, 5.41) is 2.86. The molecule has 1 aromatic rings. The number of nitrogens with zero attached hydrogens (tertiary/aromatic N) is 1. The summed E-state index contributed by atoms with van der Waals surface area (Å²) in [6.45, 7) is 2.57. The van der Waals surface area contributed by atoms with Crippen LogP contribution in [0.2, 0.25) is 0 Å². The highest BCUT2D eigenvalue weighted by Gasteiger charge is 2.35. The third kappa shape index (κ3) is 3.62. The normalized spacial score (nSPS) is 19.5. The Morgan fingerprint density at radius 1 is 1.33 bits per heavy atom. The number of hydrogen-bond acceptors (Lipinski definition) is 5. The van der Waals surface area contributed by atoms with Crippen LogP contribution in [0.25, 0.3) is 0 Å². The van der Waals surface area contributed by atoms with Gasteiger partial charge in [-0.05, 0) is 18.6 Å². The van der Waals surface area contributed by atoms with Crippen molar-refractivity contribution in [3.63, 3.8) is 0 Å². The third-order valence-electron chi connectivity index (χ3n) is 4.16. The van der Waals surface area contributed by atoms with Crippen molar-refractivity contribution in [2.45, 2.75) is 12.8 Å². The number of hydrogen-bond donors (Lipinski definition) is 1. The molecule has 2 heterocycles. The summed E-state index contributed by atoms with van der Waals surface area (Å²) in [6, 6.07) is 5.42. The van der Waals surface area contributed by atoms with Crippen molar-refractivity contribution in [2.24, 2.45) is 5.92 Å². The minimum Gasteiger partial charge on any atom is -0.486 e. The molecule has 0 saturated carbocycles. The van der Waals surface area contributed by atoms with Crippen molar-refractivity contribution in [1.29, 1.82) is 0 Å². The van der Waals surface area contributed by atoms with Crippen LogP contribution in [0, 0.1) is 5.92 Å². The fraction of sp³-hybridized carbons (Fsp3) is 0.529. The lowest BCUT2D eigenvalue weighted by molar-refractivity contribution is -0.126. The molecule has 1 saturated heterocycles. The molecule has 130 valence electrons. The Bertz CT molecular complexity index is 619. The number of fused-ring (bicyclic) bond motifs is 1. The molecular formula is C17H22N2O5. The molecular weight excluding hydrogens is 312 g/mol. The van der Waals surface area contributed by atoms with E-state index in [4.69, 9.17) is 14.2 Å². The van der Waals surface area contributed by atoms with Crippen LogP contribution in [0.4, 0.5) is 5.69 Å². The molecule has 24 heavy (non-hydrogen) atoms. The second-order valence-corrected chi connectivity index (χ2v) is 5.87. The molecule has 0 unspecified atom stereocenters. The summed E-state index contributed by atoms with van der Waals surface area (Å²) in [7, 11) is 1.63. The van der Waals surface area contributed by atoms with Gasteiger partial charge in [0.05, 0.1) is 5.92 Å². The van der Waals surface area contributed by atoms with Crippen molar-refractivity contribution in [1.82, 2.24) is 5.32 Å². The minimum absolute atomic E-state index is 0.0521. The van der Waals surface area contributed by atoms with Gasteiger partial charge < -0.3 is 24.4 Å². The molecule has 7 nitrogen and oxygen atoms in total. The van der Waals surface area contributed by atoms with E-state index in [9.17, 15) is 9.59 Å². The Kier molecular flexibility index (Phi) is 5.20. The maximum Gasteiger partial charge on any atom is 0.227 e. The summed E-state index contributed by atoms with van der Waals surface area (Å²) in [5.74, 6) is 0.861. The van der Waals surface area contributed by atoms with Gasteiger partial charge in [-0.3, -0.25) is 9.59 Å². The summed E-state index contributed by atoms with van der Waals surface area (Å²) in [5.41, 5.74) is 0.735. The van der Waals surface area contributed by atoms with Gasteiger partial charge in [0.15, 0.2) is 11.5 Å². The number of amides is 2. The van der Waals surface area contributed by atoms with Gasteiger partial charge in [-0.1, -0.05) is 0 Å². The van der Waals surface area contributed by atoms with Gasteiger partial charge >= 0.3 is 0 Å². The fourth-order valence-electron chi connectivity index (χ4n) is 2.91. The van der Waals surface area contributed by atoms with Crippen LogP contribution >= 0.6 is 0 Å². The standard InChI is InChI=1S/C17H22N2O5/c1-22-6-2-5-18-17(21)12-9-16(20)19(11-12)13-3-4-14-15(10-13)24-8-7-23-14/h3-4,10,12H,2,5-9,11H2,1H3,(H,18,21)/t12-/m1/s1. The first-order valence-corrected chi connectivity index (χ1v) is 8.15. The molecule has 1 N–H and O–H groups in total. The Morgan fingerprint density at radius 3 is 2.92 bits per heavy atom. The first kappa shape index (κ1) is 16.6. The van der Waals surface area contributed by atoms with Crippen LogP contribution in [0.5, 0.6) is 11.5 Å². The van der Waals surface area contributed by atoms with Crippen LogP contribution in [-0.2, 0) is 14.3 Å². The Labute approximate surface area is 140 Å². The van der Waals surface area contributed by atoms with Gasteiger partial charge in [0.2, 0.25) is 11.8 Å². The third-order valence-corrected chi connectivity index (χ3v) is 4.16. The number of carbonyl (C=O) groups is 2. The molecule has 7 heteroatoms. The van der Waals surface area contributed by atoms with Crippen LogP contribution in [0.3, 0.4) is 0 Å². The summed E-state index contributed by atoms with van der Waals surface area (Å²) < 4.78 is 16.0. The lowest BCUT2D eigenvalue weighted by atomic mass is 10.1. The van der Waals surface area contributed by atoms with Gasteiger partial charge in [-0.25, -0.2) is 0 Å². The molecule has 1 aromatic carbocycles. The number of ether oxygens (including phenoxy) is 3. The molecule has 0 aliphatic carbocycles. The van der Waals surface area contributed by atoms with Crippen molar-refractivity contribution in [3.8, 4) is 11.5 Å². The van der Waals surface area contributed by atoms with E-state index in [-0.39, 0.29) is 24.2 Å². The summed E-state index contributed by atoms with van der Waals surface area (Å²) >= 11 is 0. The maximum absolute atomic E-state index is 12.3. The molecule has 0 spiro atoms. The van der Waals surface area contributed by atoms with Crippen LogP contribution in [0.15, 0.2) is 18.2 Å². The van der Waals surface area contributed by atoms with Crippen molar-refractivity contribution in [3.05, 3.63) is 18.2 Å². The smallest absolute Gasteiger partial charge is 0.227 e.